The molecule has 4 heterocycles. The summed E-state index contributed by atoms with van der Waals surface area (Å²) in [6, 6.07) is 16.6. The van der Waals surface area contributed by atoms with Gasteiger partial charge in [0.25, 0.3) is 0 Å². The van der Waals surface area contributed by atoms with E-state index in [1.807, 2.05) is 17.3 Å². The molecule has 2 aromatic carbocycles. The summed E-state index contributed by atoms with van der Waals surface area (Å²) in [5, 5.41) is 0. The van der Waals surface area contributed by atoms with Gasteiger partial charge in [-0.1, -0.05) is 69.3 Å². The third-order valence-electron chi connectivity index (χ3n) is 15.5. The number of aromatic nitrogens is 4. The number of fused-ring (bicyclic) bond motifs is 2. The summed E-state index contributed by atoms with van der Waals surface area (Å²) in [6.45, 7) is 8.94. The van der Waals surface area contributed by atoms with Gasteiger partial charge in [0.2, 0.25) is 11.8 Å². The number of nitrogens with two attached hydrogens (primary N) is 2. The maximum absolute atomic E-state index is 13.9. The second-order valence-corrected chi connectivity index (χ2v) is 19.0. The van der Waals surface area contributed by atoms with Crippen LogP contribution in [0.25, 0.3) is 33.6 Å². The minimum absolute atomic E-state index is 0.0228. The Labute approximate surface area is 330 Å². The number of carbonyl (C=O) groups excluding carboxylic acids is 2. The third-order valence-corrected chi connectivity index (χ3v) is 15.5. The van der Waals surface area contributed by atoms with Crippen LogP contribution in [0.4, 0.5) is 0 Å². The van der Waals surface area contributed by atoms with Crippen molar-refractivity contribution in [3.63, 3.8) is 0 Å². The van der Waals surface area contributed by atoms with Crippen molar-refractivity contribution in [2.24, 2.45) is 58.8 Å². The van der Waals surface area contributed by atoms with Gasteiger partial charge in [-0.05, 0) is 128 Å². The molecule has 14 atom stereocenters. The highest BCUT2D eigenvalue weighted by Crippen LogP contribution is 2.57. The van der Waals surface area contributed by atoms with Crippen LogP contribution < -0.4 is 11.5 Å². The highest BCUT2D eigenvalue weighted by atomic mass is 16.2. The van der Waals surface area contributed by atoms with Crippen molar-refractivity contribution >= 4 is 11.8 Å². The Balaban J connectivity index is 0.799. The molecule has 2 amide bonds. The molecular weight excluding hydrogens is 697 g/mol. The molecule has 2 saturated heterocycles. The fourth-order valence-electron chi connectivity index (χ4n) is 11.4. The largest absolute Gasteiger partial charge is 0.340 e. The van der Waals surface area contributed by atoms with Gasteiger partial charge in [0.15, 0.2) is 0 Å². The van der Waals surface area contributed by atoms with E-state index in [9.17, 15) is 9.59 Å². The van der Waals surface area contributed by atoms with Crippen LogP contribution in [0.1, 0.15) is 103 Å². The summed E-state index contributed by atoms with van der Waals surface area (Å²) in [4.78, 5) is 48.6. The Morgan fingerprint density at radius 2 is 1.04 bits per heavy atom. The average Bonchev–Trinajstić information content (AvgIpc) is 3.64. The Hall–Kier alpha value is -4.28. The summed E-state index contributed by atoms with van der Waals surface area (Å²) in [5.41, 5.74) is 19.6. The van der Waals surface area contributed by atoms with Crippen molar-refractivity contribution in [1.82, 2.24) is 29.7 Å². The van der Waals surface area contributed by atoms with Gasteiger partial charge >= 0.3 is 0 Å². The van der Waals surface area contributed by atoms with E-state index in [4.69, 9.17) is 21.4 Å². The summed E-state index contributed by atoms with van der Waals surface area (Å²) >= 11 is 0. The van der Waals surface area contributed by atoms with Crippen LogP contribution in [0.2, 0.25) is 0 Å². The molecule has 0 spiro atoms. The number of likely N-dealkylation sites (tertiary alicyclic amines) is 2. The number of piperidine rings is 1. The smallest absolute Gasteiger partial charge is 0.240 e. The van der Waals surface area contributed by atoms with Crippen molar-refractivity contribution < 1.29 is 9.59 Å². The molecule has 2 aliphatic heterocycles. The molecule has 6 aliphatic rings. The van der Waals surface area contributed by atoms with Crippen molar-refractivity contribution in [3.8, 4) is 33.6 Å². The van der Waals surface area contributed by atoms with Crippen molar-refractivity contribution in [3.05, 3.63) is 72.6 Å². The summed E-state index contributed by atoms with van der Waals surface area (Å²) in [7, 11) is 0. The highest BCUT2D eigenvalue weighted by Gasteiger charge is 2.57. The molecule has 4 aliphatic carbocycles. The zero-order valence-electron chi connectivity index (χ0n) is 33.3. The van der Waals surface area contributed by atoms with E-state index in [2.05, 4.69) is 91.1 Å². The minimum Gasteiger partial charge on any atom is -0.340 e. The monoisotopic (exact) mass is 754 g/mol. The molecule has 6 fully saturated rings. The first-order chi connectivity index (χ1) is 27.0. The van der Waals surface area contributed by atoms with Crippen LogP contribution >= 0.6 is 0 Å². The number of benzene rings is 2. The average molecular weight is 755 g/mol. The van der Waals surface area contributed by atoms with Gasteiger partial charge in [-0.2, -0.15) is 0 Å². The number of hydrogen-bond donors (Lipinski definition) is 4. The van der Waals surface area contributed by atoms with Crippen molar-refractivity contribution in [2.45, 2.75) is 115 Å². The van der Waals surface area contributed by atoms with Crippen molar-refractivity contribution in [1.29, 1.82) is 0 Å². The first kappa shape index (κ1) is 36.1. The molecule has 10 nitrogen and oxygen atoms in total. The number of carbonyl (C=O) groups is 2. The lowest BCUT2D eigenvalue weighted by Gasteiger charge is -2.32. The molecule has 0 radical (unpaired) electrons. The number of hydrogen-bond acceptors (Lipinski definition) is 6. The summed E-state index contributed by atoms with van der Waals surface area (Å²) < 4.78 is 0. The minimum atomic E-state index is -0.466. The third kappa shape index (κ3) is 6.22. The van der Waals surface area contributed by atoms with E-state index in [0.29, 0.717) is 35.6 Å². The van der Waals surface area contributed by atoms with Crippen molar-refractivity contribution in [2.75, 3.05) is 0 Å². The van der Waals surface area contributed by atoms with E-state index in [-0.39, 0.29) is 41.9 Å². The maximum Gasteiger partial charge on any atom is 0.240 e. The topological polar surface area (TPSA) is 150 Å². The van der Waals surface area contributed by atoms with E-state index in [0.717, 1.165) is 102 Å². The Morgan fingerprint density at radius 1 is 0.571 bits per heavy atom. The zero-order chi connectivity index (χ0) is 38.6. The van der Waals surface area contributed by atoms with Gasteiger partial charge < -0.3 is 31.2 Å². The maximum atomic E-state index is 13.9. The van der Waals surface area contributed by atoms with Crippen LogP contribution in [0.5, 0.6) is 0 Å². The summed E-state index contributed by atoms with van der Waals surface area (Å²) in [6.07, 6.45) is 12.4. The van der Waals surface area contributed by atoms with E-state index in [1.54, 1.807) is 0 Å². The predicted octanol–water partition coefficient (Wildman–Crippen LogP) is 7.48. The van der Waals surface area contributed by atoms with Gasteiger partial charge in [-0.25, -0.2) is 9.97 Å². The molecule has 0 bridgehead atoms. The first-order valence-electron chi connectivity index (χ1n) is 21.5. The number of aromatic amines is 2. The van der Waals surface area contributed by atoms with E-state index < -0.39 is 6.04 Å². The number of amides is 2. The van der Waals surface area contributed by atoms with Gasteiger partial charge in [0.05, 0.1) is 47.9 Å². The molecule has 4 aromatic rings. The fourth-order valence-corrected chi connectivity index (χ4v) is 11.4. The lowest BCUT2D eigenvalue weighted by atomic mass is 9.93. The number of imidazole rings is 2. The highest BCUT2D eigenvalue weighted by molar-refractivity contribution is 5.84. The molecule has 4 unspecified atom stereocenters. The Kier molecular flexibility index (Phi) is 8.82. The quantitative estimate of drug-likeness (QED) is 0.139. The van der Waals surface area contributed by atoms with Crippen LogP contribution in [0.3, 0.4) is 0 Å². The zero-order valence-corrected chi connectivity index (χ0v) is 33.3. The number of nitrogens with zero attached hydrogens (tertiary/aromatic N) is 4. The number of H-pyrrole nitrogens is 2. The standard InChI is InChI=1S/C46H58N8O2/c1-23-13-34(14-24(23)2)41(47)45(55)53-26(4)25(3)15-39(53)43-49-21-36(51-43)29-9-5-27(6-10-29)28-7-11-30(12-8-28)37-22-50-44(52-37)40-20-33-19-38(33)54(40)46(56)42(48)35-17-31-16-32(31)18-35/h5-12,21-26,31-35,38-42H,13-20,47-48H2,1-4H3,(H,49,51)(H,50,52)/t23-,24+,25-,26-,31-,32+,33-,34?,35?,38-,39+,40+,41?,42?/m1/s1. The first-order valence-corrected chi connectivity index (χ1v) is 21.5. The molecule has 10 rings (SSSR count). The second-order valence-electron chi connectivity index (χ2n) is 19.0. The number of rotatable bonds is 9. The van der Waals surface area contributed by atoms with Crippen LogP contribution in [-0.4, -0.2) is 65.7 Å². The van der Waals surface area contributed by atoms with E-state index in [1.165, 1.54) is 6.42 Å². The Morgan fingerprint density at radius 3 is 1.57 bits per heavy atom. The molecule has 2 aromatic heterocycles. The molecular formula is C46H58N8O2. The molecule has 294 valence electrons. The van der Waals surface area contributed by atoms with Crippen LogP contribution in [0, 0.1) is 47.3 Å². The van der Waals surface area contributed by atoms with Crippen LogP contribution in [-0.2, 0) is 9.59 Å². The fraction of sp³-hybridized carbons (Fsp3) is 0.565. The lowest BCUT2D eigenvalue weighted by Crippen LogP contribution is -2.49. The molecule has 4 saturated carbocycles. The van der Waals surface area contributed by atoms with E-state index >= 15 is 0 Å². The second kappa shape index (κ2) is 13.7. The lowest BCUT2D eigenvalue weighted by molar-refractivity contribution is -0.137. The summed E-state index contributed by atoms with van der Waals surface area (Å²) in [5.74, 6) is 6.26. The van der Waals surface area contributed by atoms with Gasteiger partial charge in [0.1, 0.15) is 11.6 Å². The normalized spacial score (nSPS) is 35.4. The Bertz CT molecular complexity index is 2090. The molecule has 6 N–H and O–H groups in total. The SMILES string of the molecule is C[C@@H]1C[C@@H](c2ncc(-c3ccc(-c4ccc(-c5cnc([C@@H]6C[C@H]7C[C@H]7N6C(=O)C(N)C6C[C@@H]7C[C@@H]7C6)[nH]5)cc4)cc3)[nH]2)N(C(=O)C(N)C2C[C@@H](C)[C@@H](C)C2)[C@@H]1C. The number of nitrogens with one attached hydrogen (secondary N) is 2. The van der Waals surface area contributed by atoms with Gasteiger partial charge in [0, 0.05) is 12.1 Å². The van der Waals surface area contributed by atoms with Crippen LogP contribution in [0.15, 0.2) is 60.9 Å². The van der Waals surface area contributed by atoms with Gasteiger partial charge in [-0.15, -0.1) is 0 Å². The molecule has 10 heteroatoms. The predicted molar refractivity (Wildman–Crippen MR) is 217 cm³/mol. The van der Waals surface area contributed by atoms with Gasteiger partial charge in [-0.3, -0.25) is 9.59 Å². The molecule has 56 heavy (non-hydrogen) atoms.